The molecule has 10 heteroatoms. The van der Waals surface area contributed by atoms with Crippen molar-refractivity contribution in [1.82, 2.24) is 19.9 Å². The van der Waals surface area contributed by atoms with Crippen molar-refractivity contribution < 1.29 is 13.9 Å². The van der Waals surface area contributed by atoms with Crippen LogP contribution in [0, 0.1) is 5.92 Å². The number of para-hydroxylation sites is 1. The number of aromatic nitrogens is 3. The lowest BCUT2D eigenvalue weighted by Gasteiger charge is -2.44. The molecule has 4 aromatic rings. The first-order chi connectivity index (χ1) is 20.3. The van der Waals surface area contributed by atoms with Gasteiger partial charge in [0.2, 0.25) is 5.91 Å². The van der Waals surface area contributed by atoms with Crippen molar-refractivity contribution in [3.8, 4) is 0 Å². The maximum absolute atomic E-state index is 12.9. The molecule has 222 valence electrons. The van der Waals surface area contributed by atoms with Crippen molar-refractivity contribution >= 4 is 45.4 Å². The first-order valence-electron chi connectivity index (χ1n) is 15.0. The van der Waals surface area contributed by atoms with Gasteiger partial charge in [0.1, 0.15) is 23.5 Å². The molecule has 2 atom stereocenters. The van der Waals surface area contributed by atoms with Gasteiger partial charge in [-0.2, -0.15) is 0 Å². The minimum Gasteiger partial charge on any atom is -0.450 e. The van der Waals surface area contributed by atoms with E-state index < -0.39 is 0 Å². The zero-order valence-electron chi connectivity index (χ0n) is 24.3. The lowest BCUT2D eigenvalue weighted by Crippen LogP contribution is -2.51. The van der Waals surface area contributed by atoms with Crippen molar-refractivity contribution in [2.24, 2.45) is 5.92 Å². The van der Waals surface area contributed by atoms with Crippen LogP contribution in [0.3, 0.4) is 0 Å². The molecule has 1 N–H and O–H groups in total. The number of furan rings is 1. The van der Waals surface area contributed by atoms with Crippen LogP contribution in [0.15, 0.2) is 45.7 Å². The van der Waals surface area contributed by atoms with E-state index >= 15 is 0 Å². The number of unbranched alkanes of at least 4 members (excludes halogenated alkanes) is 1. The van der Waals surface area contributed by atoms with E-state index in [2.05, 4.69) is 29.8 Å². The Kier molecular flexibility index (Phi) is 8.23. The Morgan fingerprint density at radius 1 is 1.19 bits per heavy atom. The molecule has 6 rings (SSSR count). The second-order valence-electron chi connectivity index (χ2n) is 11.9. The van der Waals surface area contributed by atoms with Gasteiger partial charge in [-0.15, -0.1) is 0 Å². The van der Waals surface area contributed by atoms with Crippen molar-refractivity contribution in [1.29, 1.82) is 0 Å². The molecule has 0 bridgehead atoms. The van der Waals surface area contributed by atoms with Crippen molar-refractivity contribution in [2.75, 3.05) is 44.3 Å². The number of nitrogens with zero attached hydrogens (tertiary/aromatic N) is 4. The molecule has 5 heterocycles. The summed E-state index contributed by atoms with van der Waals surface area (Å²) in [5.74, 6) is 1.80. The molecule has 2 aliphatic heterocycles. The monoisotopic (exact) mass is 591 g/mol. The molecule has 9 nitrogen and oxygen atoms in total. The number of ether oxygens (including phenoxy) is 1. The van der Waals surface area contributed by atoms with Crippen molar-refractivity contribution in [3.05, 3.63) is 63.3 Å². The van der Waals surface area contributed by atoms with Crippen LogP contribution < -0.4 is 10.5 Å². The Labute approximate surface area is 250 Å². The highest BCUT2D eigenvalue weighted by Crippen LogP contribution is 2.38. The standard InChI is InChI=1S/C32H38ClN5O4/c1-21-19-38(15-12-32(21,2)24-17-22(33)18-34-31(24)40)27(39)20-41-16-8-5-11-26-35-28-23-9-3-4-10-25(23)42-29(28)30(36-26)37-13-6-7-14-37/h3-4,9-10,17-18,21H,5-8,11-16,19-20H2,1-2H3,(H,34,40)/t21?,32-/m0/s1. The number of hydrogen-bond donors (Lipinski definition) is 1. The summed E-state index contributed by atoms with van der Waals surface area (Å²) in [5.41, 5.74) is 2.71. The van der Waals surface area contributed by atoms with Gasteiger partial charge >= 0.3 is 0 Å². The van der Waals surface area contributed by atoms with Gasteiger partial charge in [0, 0.05) is 61.8 Å². The van der Waals surface area contributed by atoms with E-state index in [4.69, 9.17) is 30.7 Å². The Balaban J connectivity index is 1.01. The van der Waals surface area contributed by atoms with Gasteiger partial charge < -0.3 is 23.9 Å². The maximum atomic E-state index is 12.9. The third-order valence-corrected chi connectivity index (χ3v) is 9.36. The van der Waals surface area contributed by atoms with Gasteiger partial charge in [0.15, 0.2) is 11.4 Å². The summed E-state index contributed by atoms with van der Waals surface area (Å²) >= 11 is 6.16. The molecule has 0 saturated carbocycles. The molecule has 2 saturated heterocycles. The van der Waals surface area contributed by atoms with Crippen molar-refractivity contribution in [3.63, 3.8) is 0 Å². The number of rotatable bonds is 9. The Hall–Kier alpha value is -3.43. The summed E-state index contributed by atoms with van der Waals surface area (Å²) in [6.45, 7) is 7.85. The first kappa shape index (κ1) is 28.7. The zero-order valence-corrected chi connectivity index (χ0v) is 25.1. The summed E-state index contributed by atoms with van der Waals surface area (Å²) in [6.07, 6.45) is 6.94. The molecule has 2 fully saturated rings. The number of benzene rings is 1. The number of H-pyrrole nitrogens is 1. The number of aryl methyl sites for hydroxylation is 1. The Morgan fingerprint density at radius 3 is 2.81 bits per heavy atom. The Morgan fingerprint density at radius 2 is 2.00 bits per heavy atom. The van der Waals surface area contributed by atoms with Gasteiger partial charge in [-0.05, 0) is 56.2 Å². The zero-order chi connectivity index (χ0) is 29.3. The quantitative estimate of drug-likeness (QED) is 0.257. The Bertz CT molecular complexity index is 1650. The fourth-order valence-corrected chi connectivity index (χ4v) is 6.52. The van der Waals surface area contributed by atoms with E-state index in [1.54, 1.807) is 6.07 Å². The van der Waals surface area contributed by atoms with Crippen LogP contribution in [-0.4, -0.2) is 65.2 Å². The number of aromatic amines is 1. The van der Waals surface area contributed by atoms with Crippen LogP contribution in [0.25, 0.3) is 22.1 Å². The molecule has 1 amide bonds. The summed E-state index contributed by atoms with van der Waals surface area (Å²) in [5, 5.41) is 1.53. The fraction of sp³-hybridized carbons (Fsp3) is 0.500. The summed E-state index contributed by atoms with van der Waals surface area (Å²) < 4.78 is 12.0. The highest BCUT2D eigenvalue weighted by atomic mass is 35.5. The minimum absolute atomic E-state index is 0.0141. The highest BCUT2D eigenvalue weighted by molar-refractivity contribution is 6.30. The molecule has 1 unspecified atom stereocenters. The third-order valence-electron chi connectivity index (χ3n) is 9.14. The number of nitrogens with one attached hydrogen (secondary N) is 1. The molecule has 0 spiro atoms. The van der Waals surface area contributed by atoms with Crippen LogP contribution in [0.1, 0.15) is 57.3 Å². The molecule has 0 aliphatic carbocycles. The normalized spacial score (nSPS) is 21.1. The molecule has 42 heavy (non-hydrogen) atoms. The lowest BCUT2D eigenvalue weighted by atomic mass is 9.68. The van der Waals surface area contributed by atoms with Gasteiger partial charge in [-0.1, -0.05) is 37.6 Å². The van der Waals surface area contributed by atoms with Gasteiger partial charge in [-0.3, -0.25) is 9.59 Å². The van der Waals surface area contributed by atoms with E-state index in [1.165, 1.54) is 6.20 Å². The highest BCUT2D eigenvalue weighted by Gasteiger charge is 2.41. The SMILES string of the molecule is CC1CN(C(=O)COCCCCc2nc(N3CCCC3)c3oc4ccccc4c3n2)CC[C@]1(C)c1cc(Cl)c[nH]c1=O. The van der Waals surface area contributed by atoms with Gasteiger partial charge in [0.25, 0.3) is 5.56 Å². The minimum atomic E-state index is -0.349. The molecular formula is C32H38ClN5O4. The number of hydrogen-bond acceptors (Lipinski definition) is 7. The second-order valence-corrected chi connectivity index (χ2v) is 12.3. The van der Waals surface area contributed by atoms with Crippen LogP contribution in [0.2, 0.25) is 5.02 Å². The molecule has 1 aromatic carbocycles. The lowest BCUT2D eigenvalue weighted by molar-refractivity contribution is -0.139. The fourth-order valence-electron chi connectivity index (χ4n) is 6.36. The maximum Gasteiger partial charge on any atom is 0.251 e. The average Bonchev–Trinajstić information content (AvgIpc) is 3.66. The number of amides is 1. The largest absolute Gasteiger partial charge is 0.450 e. The van der Waals surface area contributed by atoms with Gasteiger partial charge in [-0.25, -0.2) is 9.97 Å². The van der Waals surface area contributed by atoms with E-state index in [0.29, 0.717) is 36.7 Å². The smallest absolute Gasteiger partial charge is 0.251 e. The summed E-state index contributed by atoms with van der Waals surface area (Å²) in [4.78, 5) is 42.1. The van der Waals surface area contributed by atoms with Crippen LogP contribution >= 0.6 is 11.6 Å². The summed E-state index contributed by atoms with van der Waals surface area (Å²) in [7, 11) is 0. The average molecular weight is 592 g/mol. The number of fused-ring (bicyclic) bond motifs is 3. The van der Waals surface area contributed by atoms with Crippen LogP contribution in [0.4, 0.5) is 5.82 Å². The van der Waals surface area contributed by atoms with E-state index in [9.17, 15) is 9.59 Å². The predicted octanol–water partition coefficient (Wildman–Crippen LogP) is 5.48. The predicted molar refractivity (Wildman–Crippen MR) is 164 cm³/mol. The number of carbonyl (C=O) groups is 1. The van der Waals surface area contributed by atoms with E-state index in [-0.39, 0.29) is 29.4 Å². The van der Waals surface area contributed by atoms with E-state index in [1.807, 2.05) is 23.1 Å². The molecule has 2 aliphatic rings. The first-order valence-corrected chi connectivity index (χ1v) is 15.4. The number of carbonyl (C=O) groups excluding carboxylic acids is 1. The van der Waals surface area contributed by atoms with Crippen LogP contribution in [-0.2, 0) is 21.4 Å². The topological polar surface area (TPSA) is 105 Å². The number of halogens is 1. The third kappa shape index (κ3) is 5.64. The summed E-state index contributed by atoms with van der Waals surface area (Å²) in [6, 6.07) is 9.78. The number of anilines is 1. The second kappa shape index (κ2) is 12.1. The van der Waals surface area contributed by atoms with Crippen LogP contribution in [0.5, 0.6) is 0 Å². The van der Waals surface area contributed by atoms with Gasteiger partial charge in [0.05, 0.1) is 5.02 Å². The van der Waals surface area contributed by atoms with Crippen molar-refractivity contribution in [2.45, 2.75) is 57.8 Å². The molecular weight excluding hydrogens is 554 g/mol. The molecule has 3 aromatic heterocycles. The molecule has 0 radical (unpaired) electrons. The van der Waals surface area contributed by atoms with E-state index in [0.717, 1.165) is 78.9 Å². The number of likely N-dealkylation sites (tertiary alicyclic amines) is 1. The number of pyridine rings is 1. The number of piperidine rings is 1.